The highest BCUT2D eigenvalue weighted by Crippen LogP contribution is 2.17. The van der Waals surface area contributed by atoms with Crippen molar-refractivity contribution >= 4 is 16.6 Å². The van der Waals surface area contributed by atoms with Gasteiger partial charge in [-0.25, -0.2) is 0 Å². The number of nitrogens with two attached hydrogens (primary N) is 1. The van der Waals surface area contributed by atoms with Crippen LogP contribution in [0.4, 0.5) is 5.69 Å². The molecule has 0 amide bonds. The van der Waals surface area contributed by atoms with Gasteiger partial charge in [-0.3, -0.25) is 0 Å². The van der Waals surface area contributed by atoms with Crippen LogP contribution in [0.2, 0.25) is 0 Å². The minimum Gasteiger partial charge on any atom is -0.399 e. The molecule has 2 aromatic rings. The van der Waals surface area contributed by atoms with Gasteiger partial charge >= 0.3 is 0 Å². The van der Waals surface area contributed by atoms with Crippen molar-refractivity contribution in [2.24, 2.45) is 6.98 Å². The molecule has 2 rings (SSSR count). The van der Waals surface area contributed by atoms with Crippen molar-refractivity contribution in [1.29, 1.82) is 0 Å². The number of benzene rings is 1. The molecule has 0 fully saturated rings. The Bertz CT molecular complexity index is 470. The van der Waals surface area contributed by atoms with Crippen LogP contribution in [0.25, 0.3) is 10.9 Å². The van der Waals surface area contributed by atoms with Gasteiger partial charge in [0.05, 0.1) is 0 Å². The number of nitrogen functional groups attached to an aromatic ring is 1. The molecular weight excluding hydrogens is 136 g/mol. The van der Waals surface area contributed by atoms with Crippen LogP contribution in [0, 0.1) is 0 Å². The van der Waals surface area contributed by atoms with Gasteiger partial charge in [0, 0.05) is 28.5 Å². The minimum absolute atomic E-state index is 0.571. The standard InChI is InChI=1S/C9H10N2/c1-11-5-4-7-2-3-8(10)6-9(7)11/h2-6H,10H2,1H3/i1D3. The molecule has 0 saturated carbocycles. The highest BCUT2D eigenvalue weighted by atomic mass is 14.9. The van der Waals surface area contributed by atoms with E-state index in [-0.39, 0.29) is 0 Å². The van der Waals surface area contributed by atoms with Crippen molar-refractivity contribution in [3.8, 4) is 0 Å². The van der Waals surface area contributed by atoms with Crippen molar-refractivity contribution in [3.05, 3.63) is 30.5 Å². The summed E-state index contributed by atoms with van der Waals surface area (Å²) in [6.45, 7) is -2.14. The first-order chi connectivity index (χ1) is 6.48. The Morgan fingerprint density at radius 2 is 2.36 bits per heavy atom. The average molecular weight is 149 g/mol. The van der Waals surface area contributed by atoms with Crippen molar-refractivity contribution < 1.29 is 4.11 Å². The summed E-state index contributed by atoms with van der Waals surface area (Å²) in [5.41, 5.74) is 6.81. The van der Waals surface area contributed by atoms with Gasteiger partial charge in [-0.1, -0.05) is 6.07 Å². The molecule has 2 heteroatoms. The second-order valence-electron chi connectivity index (χ2n) is 2.50. The number of hydrogen-bond donors (Lipinski definition) is 1. The fraction of sp³-hybridized carbons (Fsp3) is 0.111. The minimum atomic E-state index is -2.14. The molecule has 0 aliphatic heterocycles. The van der Waals surface area contributed by atoms with E-state index in [0.29, 0.717) is 11.2 Å². The Balaban J connectivity index is 2.73. The number of aromatic nitrogens is 1. The maximum absolute atomic E-state index is 7.30. The van der Waals surface area contributed by atoms with Crippen LogP contribution < -0.4 is 5.73 Å². The zero-order valence-electron chi connectivity index (χ0n) is 8.91. The van der Waals surface area contributed by atoms with E-state index < -0.39 is 6.98 Å². The summed E-state index contributed by atoms with van der Waals surface area (Å²) in [6, 6.07) is 7.00. The number of hydrogen-bond acceptors (Lipinski definition) is 1. The number of aryl methyl sites for hydroxylation is 1. The molecule has 2 nitrogen and oxygen atoms in total. The molecule has 0 aliphatic rings. The van der Waals surface area contributed by atoms with Crippen molar-refractivity contribution in [2.45, 2.75) is 0 Å². The maximum atomic E-state index is 7.30. The molecule has 0 spiro atoms. The molecule has 1 aromatic heterocycles. The van der Waals surface area contributed by atoms with E-state index in [0.717, 1.165) is 5.39 Å². The lowest BCUT2D eigenvalue weighted by Crippen LogP contribution is -1.87. The largest absolute Gasteiger partial charge is 0.399 e. The molecule has 0 radical (unpaired) electrons. The lowest BCUT2D eigenvalue weighted by molar-refractivity contribution is 0.969. The Hall–Kier alpha value is -1.44. The second-order valence-corrected chi connectivity index (χ2v) is 2.50. The molecule has 1 heterocycles. The van der Waals surface area contributed by atoms with E-state index in [4.69, 9.17) is 9.85 Å². The Labute approximate surface area is 69.5 Å². The predicted octanol–water partition coefficient (Wildman–Crippen LogP) is 1.76. The molecule has 0 atom stereocenters. The molecule has 56 valence electrons. The monoisotopic (exact) mass is 149 g/mol. The lowest BCUT2D eigenvalue weighted by atomic mass is 10.2. The predicted molar refractivity (Wildman–Crippen MR) is 47.3 cm³/mol. The molecule has 0 saturated heterocycles. The summed E-state index contributed by atoms with van der Waals surface area (Å²) >= 11 is 0. The topological polar surface area (TPSA) is 30.9 Å². The number of rotatable bonds is 0. The quantitative estimate of drug-likeness (QED) is 0.568. The summed E-state index contributed by atoms with van der Waals surface area (Å²) in [6.07, 6.45) is 1.55. The van der Waals surface area contributed by atoms with Crippen LogP contribution in [-0.2, 0) is 6.98 Å². The van der Waals surface area contributed by atoms with Gasteiger partial charge < -0.3 is 10.3 Å². The summed E-state index contributed by atoms with van der Waals surface area (Å²) in [4.78, 5) is 0. The van der Waals surface area contributed by atoms with Crippen LogP contribution in [0.3, 0.4) is 0 Å². The van der Waals surface area contributed by atoms with Gasteiger partial charge in [-0.05, 0) is 23.6 Å². The smallest absolute Gasteiger partial charge is 0.0498 e. The van der Waals surface area contributed by atoms with Gasteiger partial charge in [0.25, 0.3) is 0 Å². The van der Waals surface area contributed by atoms with Gasteiger partial charge in [-0.15, -0.1) is 0 Å². The van der Waals surface area contributed by atoms with Crippen molar-refractivity contribution in [1.82, 2.24) is 4.57 Å². The Morgan fingerprint density at radius 1 is 1.45 bits per heavy atom. The summed E-state index contributed by atoms with van der Waals surface area (Å²) < 4.78 is 23.1. The number of nitrogens with zero attached hydrogens (tertiary/aromatic N) is 1. The maximum Gasteiger partial charge on any atom is 0.0498 e. The third-order valence-corrected chi connectivity index (χ3v) is 1.72. The van der Waals surface area contributed by atoms with Gasteiger partial charge in [-0.2, -0.15) is 0 Å². The van der Waals surface area contributed by atoms with Crippen LogP contribution in [0.1, 0.15) is 4.11 Å². The third kappa shape index (κ3) is 0.871. The Morgan fingerprint density at radius 3 is 3.18 bits per heavy atom. The highest BCUT2D eigenvalue weighted by molar-refractivity contribution is 5.82. The molecule has 11 heavy (non-hydrogen) atoms. The van der Waals surface area contributed by atoms with Gasteiger partial charge in [0.15, 0.2) is 0 Å². The molecule has 0 unspecified atom stereocenters. The lowest BCUT2D eigenvalue weighted by Gasteiger charge is -1.96. The number of fused-ring (bicyclic) bond motifs is 1. The highest BCUT2D eigenvalue weighted by Gasteiger charge is 1.95. The normalized spacial score (nSPS) is 15.8. The molecular formula is C9H10N2. The first-order valence-corrected chi connectivity index (χ1v) is 3.35. The van der Waals surface area contributed by atoms with Crippen molar-refractivity contribution in [3.63, 3.8) is 0 Å². The molecule has 1 aromatic carbocycles. The van der Waals surface area contributed by atoms with Crippen LogP contribution >= 0.6 is 0 Å². The SMILES string of the molecule is [2H]C([2H])([2H])n1ccc2ccc(N)cc21. The van der Waals surface area contributed by atoms with E-state index in [9.17, 15) is 0 Å². The fourth-order valence-electron chi connectivity index (χ4n) is 1.15. The summed E-state index contributed by atoms with van der Waals surface area (Å²) in [5, 5.41) is 0.885. The third-order valence-electron chi connectivity index (χ3n) is 1.72. The van der Waals surface area contributed by atoms with Gasteiger partial charge in [0.1, 0.15) is 0 Å². The van der Waals surface area contributed by atoms with E-state index in [1.54, 1.807) is 24.4 Å². The van der Waals surface area contributed by atoms with E-state index in [1.807, 2.05) is 6.07 Å². The van der Waals surface area contributed by atoms with Crippen LogP contribution in [0.5, 0.6) is 0 Å². The van der Waals surface area contributed by atoms with Crippen LogP contribution in [-0.4, -0.2) is 4.57 Å². The molecule has 0 bridgehead atoms. The van der Waals surface area contributed by atoms with E-state index in [1.165, 1.54) is 4.57 Å². The van der Waals surface area contributed by atoms with E-state index >= 15 is 0 Å². The molecule has 2 N–H and O–H groups in total. The zero-order chi connectivity index (χ0) is 10.3. The molecule has 0 aliphatic carbocycles. The number of anilines is 1. The average Bonchev–Trinajstić information content (AvgIpc) is 2.45. The summed E-state index contributed by atoms with van der Waals surface area (Å²) in [7, 11) is 0. The van der Waals surface area contributed by atoms with Crippen LogP contribution in [0.15, 0.2) is 30.5 Å². The second kappa shape index (κ2) is 2.02. The van der Waals surface area contributed by atoms with Crippen molar-refractivity contribution in [2.75, 3.05) is 5.73 Å². The first-order valence-electron chi connectivity index (χ1n) is 4.85. The van der Waals surface area contributed by atoms with E-state index in [2.05, 4.69) is 0 Å². The Kier molecular flexibility index (Phi) is 0.700. The van der Waals surface area contributed by atoms with Gasteiger partial charge in [0.2, 0.25) is 0 Å². The first kappa shape index (κ1) is 3.81. The summed E-state index contributed by atoms with van der Waals surface area (Å²) in [5.74, 6) is 0. The zero-order valence-corrected chi connectivity index (χ0v) is 5.91. The fourth-order valence-corrected chi connectivity index (χ4v) is 1.15.